The molecule has 0 spiro atoms. The van der Waals surface area contributed by atoms with E-state index in [2.05, 4.69) is 13.5 Å². The van der Waals surface area contributed by atoms with Crippen LogP contribution in [0.2, 0.25) is 0 Å². The fourth-order valence-electron chi connectivity index (χ4n) is 2.37. The molecule has 0 saturated heterocycles. The van der Waals surface area contributed by atoms with E-state index in [1.54, 1.807) is 0 Å². The van der Waals surface area contributed by atoms with Crippen LogP contribution < -0.4 is 14.2 Å². The minimum atomic E-state index is -0.779. The van der Waals surface area contributed by atoms with Crippen molar-refractivity contribution in [2.24, 2.45) is 0 Å². The molecule has 2 aromatic carbocycles. The van der Waals surface area contributed by atoms with Crippen molar-refractivity contribution in [2.75, 3.05) is 6.61 Å². The molecule has 0 aliphatic heterocycles. The highest BCUT2D eigenvalue weighted by Gasteiger charge is 2.11. The summed E-state index contributed by atoms with van der Waals surface area (Å²) in [5, 5.41) is 0. The lowest BCUT2D eigenvalue weighted by atomic mass is 10.2. The Labute approximate surface area is 175 Å². The summed E-state index contributed by atoms with van der Waals surface area (Å²) in [6.45, 7) is 5.73. The molecule has 0 atom stereocenters. The van der Waals surface area contributed by atoms with Crippen LogP contribution >= 0.6 is 0 Å². The number of unbranched alkanes of at least 4 members (excludes halogenated alkanes) is 3. The molecule has 0 saturated carbocycles. The highest BCUT2D eigenvalue weighted by Crippen LogP contribution is 2.20. The van der Waals surface area contributed by atoms with Crippen LogP contribution in [0.5, 0.6) is 17.2 Å². The number of ether oxygens (including phenoxy) is 4. The quantitative estimate of drug-likeness (QED) is 0.176. The van der Waals surface area contributed by atoms with Crippen molar-refractivity contribution in [3.05, 3.63) is 66.7 Å². The summed E-state index contributed by atoms with van der Waals surface area (Å²) in [7, 11) is 0. The van der Waals surface area contributed by atoms with Gasteiger partial charge in [-0.1, -0.05) is 32.8 Å². The summed E-state index contributed by atoms with van der Waals surface area (Å²) in [5.41, 5.74) is 0.275. The maximum Gasteiger partial charge on any atom is 0.513 e. The predicted molar refractivity (Wildman–Crippen MR) is 110 cm³/mol. The van der Waals surface area contributed by atoms with Crippen molar-refractivity contribution >= 4 is 18.1 Å². The Bertz CT molecular complexity index is 854. The molecule has 158 valence electrons. The largest absolute Gasteiger partial charge is 0.513 e. The molecule has 0 bridgehead atoms. The van der Waals surface area contributed by atoms with E-state index in [4.69, 9.17) is 18.9 Å². The highest BCUT2D eigenvalue weighted by molar-refractivity contribution is 5.91. The third-order valence-corrected chi connectivity index (χ3v) is 3.93. The molecular weight excluding hydrogens is 388 g/mol. The highest BCUT2D eigenvalue weighted by atomic mass is 16.7. The summed E-state index contributed by atoms with van der Waals surface area (Å²) < 4.78 is 20.3. The van der Waals surface area contributed by atoms with Crippen molar-refractivity contribution < 1.29 is 33.3 Å². The van der Waals surface area contributed by atoms with Gasteiger partial charge in [0.05, 0.1) is 12.2 Å². The molecule has 2 rings (SSSR count). The second-order valence-electron chi connectivity index (χ2n) is 6.27. The lowest BCUT2D eigenvalue weighted by Crippen LogP contribution is -2.12. The van der Waals surface area contributed by atoms with Crippen LogP contribution in [0.4, 0.5) is 4.79 Å². The third kappa shape index (κ3) is 7.79. The smallest absolute Gasteiger partial charge is 0.434 e. The normalized spacial score (nSPS) is 10.0. The first-order chi connectivity index (χ1) is 14.5. The predicted octanol–water partition coefficient (Wildman–Crippen LogP) is 5.09. The fraction of sp³-hybridized carbons (Fsp3) is 0.261. The van der Waals surface area contributed by atoms with Gasteiger partial charge in [0.15, 0.2) is 0 Å². The third-order valence-electron chi connectivity index (χ3n) is 3.93. The first-order valence-corrected chi connectivity index (χ1v) is 9.63. The summed E-state index contributed by atoms with van der Waals surface area (Å²) in [6, 6.07) is 11.9. The van der Waals surface area contributed by atoms with E-state index >= 15 is 0 Å². The van der Waals surface area contributed by atoms with Crippen molar-refractivity contribution in [2.45, 2.75) is 32.6 Å². The Morgan fingerprint density at radius 2 is 1.37 bits per heavy atom. The van der Waals surface area contributed by atoms with Gasteiger partial charge in [-0.15, -0.1) is 0 Å². The Morgan fingerprint density at radius 3 is 1.97 bits per heavy atom. The topological polar surface area (TPSA) is 88.1 Å². The van der Waals surface area contributed by atoms with Crippen molar-refractivity contribution in [1.82, 2.24) is 0 Å². The second kappa shape index (κ2) is 12.1. The van der Waals surface area contributed by atoms with E-state index < -0.39 is 18.1 Å². The van der Waals surface area contributed by atoms with Crippen molar-refractivity contribution in [3.63, 3.8) is 0 Å². The maximum atomic E-state index is 12.2. The molecule has 30 heavy (non-hydrogen) atoms. The molecule has 0 amide bonds. The van der Waals surface area contributed by atoms with E-state index in [0.29, 0.717) is 12.4 Å². The summed E-state index contributed by atoms with van der Waals surface area (Å²) in [5.74, 6) is -0.319. The second-order valence-corrected chi connectivity index (χ2v) is 6.27. The van der Waals surface area contributed by atoms with Gasteiger partial charge >= 0.3 is 18.1 Å². The lowest BCUT2D eigenvalue weighted by molar-refractivity contribution is -0.128. The van der Waals surface area contributed by atoms with Gasteiger partial charge in [0.25, 0.3) is 0 Å². The molecule has 2 aromatic rings. The van der Waals surface area contributed by atoms with Gasteiger partial charge in [0.1, 0.15) is 17.2 Å². The van der Waals surface area contributed by atoms with E-state index in [0.717, 1.165) is 31.8 Å². The van der Waals surface area contributed by atoms with Crippen LogP contribution in [0.3, 0.4) is 0 Å². The Balaban J connectivity index is 1.82. The van der Waals surface area contributed by atoms with Gasteiger partial charge < -0.3 is 18.9 Å². The SMILES string of the molecule is C=CC(=O)Oc1ccc(OC(=O)c2ccc(OC(=O)OCCCCCC)cc2)cc1. The standard InChI is InChI=1S/C23H24O7/c1-3-5-6-7-16-27-23(26)30-20-10-8-17(9-11-20)22(25)29-19-14-12-18(13-15-19)28-21(24)4-2/h4,8-15H,2-3,5-7,16H2,1H3. The van der Waals surface area contributed by atoms with Crippen LogP contribution in [0.15, 0.2) is 61.2 Å². The lowest BCUT2D eigenvalue weighted by Gasteiger charge is -2.08. The first-order valence-electron chi connectivity index (χ1n) is 9.63. The van der Waals surface area contributed by atoms with Crippen LogP contribution in [0.1, 0.15) is 43.0 Å². The minimum absolute atomic E-state index is 0.262. The molecule has 7 heteroatoms. The van der Waals surface area contributed by atoms with E-state index in [1.165, 1.54) is 48.5 Å². The number of benzene rings is 2. The van der Waals surface area contributed by atoms with Gasteiger partial charge in [-0.05, 0) is 55.0 Å². The molecule has 0 N–H and O–H groups in total. The maximum absolute atomic E-state index is 12.2. The number of esters is 2. The summed E-state index contributed by atoms with van der Waals surface area (Å²) >= 11 is 0. The fourth-order valence-corrected chi connectivity index (χ4v) is 2.37. The Hall–Kier alpha value is -3.61. The number of hydrogen-bond acceptors (Lipinski definition) is 7. The van der Waals surface area contributed by atoms with Crippen molar-refractivity contribution in [1.29, 1.82) is 0 Å². The molecule has 0 radical (unpaired) electrons. The zero-order valence-corrected chi connectivity index (χ0v) is 16.8. The average Bonchev–Trinajstić information content (AvgIpc) is 2.75. The number of carbonyl (C=O) groups excluding carboxylic acids is 3. The summed E-state index contributed by atoms with van der Waals surface area (Å²) in [4.78, 5) is 35.0. The Morgan fingerprint density at radius 1 is 0.800 bits per heavy atom. The molecule has 0 aliphatic carbocycles. The van der Waals surface area contributed by atoms with Gasteiger partial charge in [0, 0.05) is 6.08 Å². The monoisotopic (exact) mass is 412 g/mol. The van der Waals surface area contributed by atoms with Crippen LogP contribution in [0, 0.1) is 0 Å². The van der Waals surface area contributed by atoms with Crippen LogP contribution in [0.25, 0.3) is 0 Å². The minimum Gasteiger partial charge on any atom is -0.434 e. The molecule has 0 aliphatic rings. The number of hydrogen-bond donors (Lipinski definition) is 0. The van der Waals surface area contributed by atoms with Crippen LogP contribution in [-0.2, 0) is 9.53 Å². The molecule has 0 aromatic heterocycles. The molecule has 0 heterocycles. The van der Waals surface area contributed by atoms with E-state index in [1.807, 2.05) is 0 Å². The van der Waals surface area contributed by atoms with E-state index in [-0.39, 0.29) is 17.1 Å². The van der Waals surface area contributed by atoms with Gasteiger partial charge in [-0.25, -0.2) is 14.4 Å². The van der Waals surface area contributed by atoms with Gasteiger partial charge in [-0.3, -0.25) is 0 Å². The Kier molecular flexibility index (Phi) is 9.12. The zero-order chi connectivity index (χ0) is 21.8. The molecular formula is C23H24O7. The molecule has 7 nitrogen and oxygen atoms in total. The van der Waals surface area contributed by atoms with Gasteiger partial charge in [-0.2, -0.15) is 0 Å². The molecule has 0 fully saturated rings. The average molecular weight is 412 g/mol. The van der Waals surface area contributed by atoms with Gasteiger partial charge in [0.2, 0.25) is 0 Å². The number of rotatable bonds is 10. The van der Waals surface area contributed by atoms with E-state index in [9.17, 15) is 14.4 Å². The summed E-state index contributed by atoms with van der Waals surface area (Å²) in [6.07, 6.45) is 4.28. The van der Waals surface area contributed by atoms with Crippen molar-refractivity contribution in [3.8, 4) is 17.2 Å². The first kappa shape index (κ1) is 22.7. The molecule has 0 unspecified atom stereocenters. The van der Waals surface area contributed by atoms with Crippen LogP contribution in [-0.4, -0.2) is 24.7 Å². The zero-order valence-electron chi connectivity index (χ0n) is 16.8. The number of carbonyl (C=O) groups is 3.